The van der Waals surface area contributed by atoms with Crippen LogP contribution in [-0.4, -0.2) is 37.3 Å². The smallest absolute Gasteiger partial charge is 0.143 e. The zero-order valence-electron chi connectivity index (χ0n) is 12.9. The second-order valence-corrected chi connectivity index (χ2v) is 5.36. The Morgan fingerprint density at radius 1 is 1.22 bits per heavy atom. The molecule has 2 N–H and O–H groups in total. The molecule has 3 aromatic rings. The van der Waals surface area contributed by atoms with E-state index in [0.717, 1.165) is 5.82 Å². The Hall–Kier alpha value is -2.73. The number of aromatic nitrogens is 4. The van der Waals surface area contributed by atoms with Crippen LogP contribution in [0.5, 0.6) is 0 Å². The summed E-state index contributed by atoms with van der Waals surface area (Å²) >= 11 is 0. The van der Waals surface area contributed by atoms with Crippen molar-refractivity contribution in [2.75, 3.05) is 11.9 Å². The minimum atomic E-state index is -0.136. The minimum Gasteiger partial charge on any atom is -0.394 e. The molecule has 1 aromatic carbocycles. The van der Waals surface area contributed by atoms with Gasteiger partial charge in [-0.15, -0.1) is 0 Å². The van der Waals surface area contributed by atoms with Crippen molar-refractivity contribution in [3.05, 3.63) is 67.0 Å². The first-order valence-electron chi connectivity index (χ1n) is 7.50. The fraction of sp³-hybridized carbons (Fsp3) is 0.235. The lowest BCUT2D eigenvalue weighted by Gasteiger charge is -2.24. The molecule has 0 aliphatic heterocycles. The van der Waals surface area contributed by atoms with Gasteiger partial charge in [0.1, 0.15) is 24.3 Å². The van der Waals surface area contributed by atoms with Gasteiger partial charge in [-0.05, 0) is 5.56 Å². The monoisotopic (exact) mass is 309 g/mol. The summed E-state index contributed by atoms with van der Waals surface area (Å²) in [5.41, 5.74) is 1.17. The predicted molar refractivity (Wildman–Crippen MR) is 88.5 cm³/mol. The molecular formula is C17H19N5O. The molecular weight excluding hydrogens is 290 g/mol. The lowest BCUT2D eigenvalue weighted by atomic mass is 9.94. The zero-order chi connectivity index (χ0) is 16.1. The van der Waals surface area contributed by atoms with Crippen molar-refractivity contribution in [3.63, 3.8) is 0 Å². The fourth-order valence-corrected chi connectivity index (χ4v) is 2.47. The van der Waals surface area contributed by atoms with Crippen LogP contribution in [0.3, 0.4) is 0 Å². The van der Waals surface area contributed by atoms with Crippen LogP contribution < -0.4 is 5.32 Å². The first-order valence-corrected chi connectivity index (χ1v) is 7.50. The van der Waals surface area contributed by atoms with Crippen LogP contribution in [-0.2, 0) is 0 Å². The Bertz CT molecular complexity index is 730. The third kappa shape index (κ3) is 3.54. The van der Waals surface area contributed by atoms with E-state index in [0.29, 0.717) is 5.82 Å². The number of anilines is 1. The second-order valence-electron chi connectivity index (χ2n) is 5.36. The lowest BCUT2D eigenvalue weighted by molar-refractivity contribution is 0.261. The molecule has 0 bridgehead atoms. The Morgan fingerprint density at radius 3 is 2.74 bits per heavy atom. The maximum absolute atomic E-state index is 9.75. The van der Waals surface area contributed by atoms with Gasteiger partial charge >= 0.3 is 0 Å². The number of imidazole rings is 1. The van der Waals surface area contributed by atoms with Crippen molar-refractivity contribution in [1.82, 2.24) is 19.5 Å². The van der Waals surface area contributed by atoms with E-state index >= 15 is 0 Å². The van der Waals surface area contributed by atoms with Gasteiger partial charge in [0.2, 0.25) is 0 Å². The summed E-state index contributed by atoms with van der Waals surface area (Å²) < 4.78 is 1.81. The number of benzene rings is 1. The first-order chi connectivity index (χ1) is 11.3. The van der Waals surface area contributed by atoms with Crippen molar-refractivity contribution < 1.29 is 5.11 Å². The van der Waals surface area contributed by atoms with Gasteiger partial charge in [-0.2, -0.15) is 0 Å². The molecule has 0 saturated carbocycles. The summed E-state index contributed by atoms with van der Waals surface area (Å²) in [4.78, 5) is 12.5. The number of nitrogens with zero attached hydrogens (tertiary/aromatic N) is 4. The highest BCUT2D eigenvalue weighted by Crippen LogP contribution is 2.21. The molecule has 2 heterocycles. The molecule has 0 aliphatic carbocycles. The summed E-state index contributed by atoms with van der Waals surface area (Å²) in [7, 11) is 0. The summed E-state index contributed by atoms with van der Waals surface area (Å²) in [6, 6.07) is 11.8. The minimum absolute atomic E-state index is 0.0144. The van der Waals surface area contributed by atoms with Crippen LogP contribution >= 0.6 is 0 Å². The zero-order valence-corrected chi connectivity index (χ0v) is 12.9. The van der Waals surface area contributed by atoms with E-state index in [1.165, 1.54) is 11.9 Å². The van der Waals surface area contributed by atoms with Gasteiger partial charge in [0.25, 0.3) is 0 Å². The van der Waals surface area contributed by atoms with E-state index < -0.39 is 0 Å². The van der Waals surface area contributed by atoms with Gasteiger partial charge in [-0.1, -0.05) is 37.3 Å². The van der Waals surface area contributed by atoms with Crippen molar-refractivity contribution in [3.8, 4) is 5.82 Å². The molecule has 2 aromatic heterocycles. The lowest BCUT2D eigenvalue weighted by Crippen LogP contribution is -2.30. The van der Waals surface area contributed by atoms with Crippen LogP contribution in [0.4, 0.5) is 5.82 Å². The fourth-order valence-electron chi connectivity index (χ4n) is 2.47. The molecule has 0 radical (unpaired) electrons. The largest absolute Gasteiger partial charge is 0.394 e. The topological polar surface area (TPSA) is 75.9 Å². The number of aliphatic hydroxyl groups is 1. The van der Waals surface area contributed by atoms with Gasteiger partial charge in [0.15, 0.2) is 0 Å². The van der Waals surface area contributed by atoms with Gasteiger partial charge in [0.05, 0.1) is 12.6 Å². The van der Waals surface area contributed by atoms with Crippen LogP contribution in [0, 0.1) is 0 Å². The van der Waals surface area contributed by atoms with Gasteiger partial charge in [0, 0.05) is 24.4 Å². The van der Waals surface area contributed by atoms with E-state index in [-0.39, 0.29) is 18.6 Å². The van der Waals surface area contributed by atoms with Crippen molar-refractivity contribution >= 4 is 5.82 Å². The highest BCUT2D eigenvalue weighted by molar-refractivity contribution is 5.42. The number of nitrogens with one attached hydrogen (secondary N) is 1. The molecule has 0 aliphatic rings. The second kappa shape index (κ2) is 7.02. The molecule has 6 heteroatoms. The van der Waals surface area contributed by atoms with Crippen molar-refractivity contribution in [2.45, 2.75) is 18.9 Å². The third-order valence-corrected chi connectivity index (χ3v) is 3.88. The van der Waals surface area contributed by atoms with Gasteiger partial charge in [-0.3, -0.25) is 4.57 Å². The summed E-state index contributed by atoms with van der Waals surface area (Å²) in [6.07, 6.45) is 6.70. The van der Waals surface area contributed by atoms with Crippen molar-refractivity contribution in [1.29, 1.82) is 0 Å². The molecule has 0 unspecified atom stereocenters. The number of hydrogen-bond donors (Lipinski definition) is 2. The SMILES string of the molecule is C[C@@H](c1ccccc1)[C@H](CO)Nc1cc(-n2ccnc2)ncn1. The number of hydrogen-bond acceptors (Lipinski definition) is 5. The number of aliphatic hydroxyl groups excluding tert-OH is 1. The van der Waals surface area contributed by atoms with Crippen LogP contribution in [0.1, 0.15) is 18.4 Å². The quantitative estimate of drug-likeness (QED) is 0.730. The van der Waals surface area contributed by atoms with E-state index in [1.54, 1.807) is 17.1 Å². The Labute approximate surface area is 134 Å². The summed E-state index contributed by atoms with van der Waals surface area (Å²) in [5.74, 6) is 1.54. The Kier molecular flexibility index (Phi) is 4.63. The van der Waals surface area contributed by atoms with Crippen molar-refractivity contribution in [2.24, 2.45) is 0 Å². The maximum Gasteiger partial charge on any atom is 0.143 e. The average Bonchev–Trinajstić information content (AvgIpc) is 3.15. The standard InChI is InChI=1S/C17H19N5O/c1-13(14-5-3-2-4-6-14)15(10-23)21-16-9-17(20-11-19-16)22-8-7-18-12-22/h2-9,11-13,15,23H,10H2,1H3,(H,19,20,21)/t13-,15-/m0/s1. The van der Waals surface area contributed by atoms with E-state index in [4.69, 9.17) is 0 Å². The highest BCUT2D eigenvalue weighted by atomic mass is 16.3. The average molecular weight is 309 g/mol. The van der Waals surface area contributed by atoms with E-state index in [2.05, 4.69) is 39.3 Å². The van der Waals surface area contributed by atoms with E-state index in [9.17, 15) is 5.11 Å². The number of rotatable bonds is 6. The van der Waals surface area contributed by atoms with Crippen LogP contribution in [0.15, 0.2) is 61.4 Å². The summed E-state index contributed by atoms with van der Waals surface area (Å²) in [6.45, 7) is 2.10. The van der Waals surface area contributed by atoms with Crippen LogP contribution in [0.2, 0.25) is 0 Å². The first kappa shape index (κ1) is 15.2. The van der Waals surface area contributed by atoms with Gasteiger partial charge in [-0.25, -0.2) is 15.0 Å². The molecule has 3 rings (SSSR count). The third-order valence-electron chi connectivity index (χ3n) is 3.88. The maximum atomic E-state index is 9.75. The molecule has 0 saturated heterocycles. The Balaban J connectivity index is 1.78. The summed E-state index contributed by atoms with van der Waals surface area (Å²) in [5, 5.41) is 13.0. The molecule has 6 nitrogen and oxygen atoms in total. The predicted octanol–water partition coefficient (Wildman–Crippen LogP) is 2.24. The molecule has 0 amide bonds. The molecule has 23 heavy (non-hydrogen) atoms. The Morgan fingerprint density at radius 2 is 2.04 bits per heavy atom. The molecule has 2 atom stereocenters. The molecule has 118 valence electrons. The molecule has 0 fully saturated rings. The van der Waals surface area contributed by atoms with Crippen LogP contribution in [0.25, 0.3) is 5.82 Å². The van der Waals surface area contributed by atoms with E-state index in [1.807, 2.05) is 30.5 Å². The highest BCUT2D eigenvalue weighted by Gasteiger charge is 2.18. The molecule has 0 spiro atoms. The normalized spacial score (nSPS) is 13.5. The van der Waals surface area contributed by atoms with Gasteiger partial charge < -0.3 is 10.4 Å².